The number of fused-ring (bicyclic) bond motifs is 1. The van der Waals surface area contributed by atoms with Gasteiger partial charge >= 0.3 is 11.9 Å². The first-order valence-electron chi connectivity index (χ1n) is 11.3. The Balaban J connectivity index is 0.000000360. The van der Waals surface area contributed by atoms with Crippen LogP contribution in [0.5, 0.6) is 5.75 Å². The van der Waals surface area contributed by atoms with Crippen molar-refractivity contribution in [2.75, 3.05) is 13.7 Å². The number of carboxylic acid groups (broad SMARTS) is 1. The lowest BCUT2D eigenvalue weighted by Gasteiger charge is -2.05. The maximum atomic E-state index is 14.5. The van der Waals surface area contributed by atoms with Gasteiger partial charge in [-0.15, -0.1) is 11.3 Å². The van der Waals surface area contributed by atoms with E-state index >= 15 is 0 Å². The van der Waals surface area contributed by atoms with Gasteiger partial charge in [0.05, 0.1) is 20.3 Å². The molecule has 0 amide bonds. The van der Waals surface area contributed by atoms with Gasteiger partial charge < -0.3 is 14.6 Å². The third kappa shape index (κ3) is 5.86. The molecule has 0 bridgehead atoms. The molecule has 0 atom stereocenters. The van der Waals surface area contributed by atoms with Crippen LogP contribution in [0, 0.1) is 11.6 Å². The molecule has 5 rings (SSSR count). The third-order valence-corrected chi connectivity index (χ3v) is 6.44. The number of halogens is 2. The lowest BCUT2D eigenvalue weighted by molar-refractivity contribution is 0.0531. The van der Waals surface area contributed by atoms with Crippen molar-refractivity contribution in [3.05, 3.63) is 88.6 Å². The number of aromatic carboxylic acids is 1. The van der Waals surface area contributed by atoms with Crippen LogP contribution in [0.25, 0.3) is 21.5 Å². The van der Waals surface area contributed by atoms with Crippen LogP contribution in [-0.2, 0) is 11.3 Å². The minimum Gasteiger partial charge on any atom is -0.497 e. The molecule has 0 aliphatic carbocycles. The van der Waals surface area contributed by atoms with Crippen LogP contribution in [0.15, 0.2) is 60.8 Å². The van der Waals surface area contributed by atoms with Gasteiger partial charge in [-0.05, 0) is 48.9 Å². The second kappa shape index (κ2) is 11.6. The Labute approximate surface area is 219 Å². The number of methoxy groups -OCH3 is 1. The van der Waals surface area contributed by atoms with Crippen LogP contribution in [-0.4, -0.2) is 50.7 Å². The zero-order valence-corrected chi connectivity index (χ0v) is 21.1. The largest absolute Gasteiger partial charge is 0.497 e. The van der Waals surface area contributed by atoms with Gasteiger partial charge in [0.1, 0.15) is 38.5 Å². The van der Waals surface area contributed by atoms with Gasteiger partial charge in [-0.25, -0.2) is 23.1 Å². The quantitative estimate of drug-likeness (QED) is 0.266. The van der Waals surface area contributed by atoms with Gasteiger partial charge in [-0.1, -0.05) is 12.1 Å². The van der Waals surface area contributed by atoms with Crippen LogP contribution < -0.4 is 4.74 Å². The minimum absolute atomic E-state index is 0.116. The summed E-state index contributed by atoms with van der Waals surface area (Å²) in [6.07, 6.45) is 1.39. The van der Waals surface area contributed by atoms with Crippen molar-refractivity contribution in [3.8, 4) is 17.0 Å². The summed E-state index contributed by atoms with van der Waals surface area (Å²) < 4.78 is 39.9. The summed E-state index contributed by atoms with van der Waals surface area (Å²) in [6.45, 7) is 2.40. The summed E-state index contributed by atoms with van der Waals surface area (Å²) in [5, 5.41) is 19.1. The molecule has 3 aromatic heterocycles. The molecule has 2 N–H and O–H groups in total. The van der Waals surface area contributed by atoms with Crippen molar-refractivity contribution in [2.24, 2.45) is 0 Å². The van der Waals surface area contributed by atoms with E-state index < -0.39 is 23.6 Å². The molecule has 0 saturated heterocycles. The van der Waals surface area contributed by atoms with E-state index in [9.17, 15) is 18.4 Å². The number of aromatic amines is 1. The molecule has 0 saturated carbocycles. The Kier molecular flexibility index (Phi) is 8.12. The molecule has 9 nitrogen and oxygen atoms in total. The molecule has 0 radical (unpaired) electrons. The van der Waals surface area contributed by atoms with Crippen molar-refractivity contribution in [1.29, 1.82) is 0 Å². The molecule has 12 heteroatoms. The van der Waals surface area contributed by atoms with Crippen LogP contribution in [0.2, 0.25) is 0 Å². The normalized spacial score (nSPS) is 10.6. The van der Waals surface area contributed by atoms with E-state index in [-0.39, 0.29) is 17.9 Å². The van der Waals surface area contributed by atoms with Crippen molar-refractivity contribution >= 4 is 33.5 Å². The van der Waals surface area contributed by atoms with Gasteiger partial charge in [0.15, 0.2) is 0 Å². The van der Waals surface area contributed by atoms with Crippen LogP contribution >= 0.6 is 11.3 Å². The van der Waals surface area contributed by atoms with Gasteiger partial charge in [-0.3, -0.25) is 5.10 Å². The number of carbonyl (C=O) groups excluding carboxylic acids is 1. The fourth-order valence-corrected chi connectivity index (χ4v) is 4.54. The fourth-order valence-electron chi connectivity index (χ4n) is 3.53. The maximum Gasteiger partial charge on any atom is 0.353 e. The Morgan fingerprint density at radius 2 is 1.87 bits per heavy atom. The lowest BCUT2D eigenvalue weighted by Crippen LogP contribution is -2.03. The predicted octanol–water partition coefficient (Wildman–Crippen LogP) is 5.38. The zero-order valence-electron chi connectivity index (χ0n) is 20.3. The Bertz CT molecular complexity index is 1560. The van der Waals surface area contributed by atoms with E-state index in [4.69, 9.17) is 14.6 Å². The Morgan fingerprint density at radius 3 is 2.45 bits per heavy atom. The zero-order chi connectivity index (χ0) is 27.2. The van der Waals surface area contributed by atoms with Crippen molar-refractivity contribution in [2.45, 2.75) is 13.5 Å². The molecule has 0 aliphatic heterocycles. The van der Waals surface area contributed by atoms with Crippen molar-refractivity contribution < 1.29 is 33.0 Å². The number of nitrogens with one attached hydrogen (secondary N) is 1. The highest BCUT2D eigenvalue weighted by Gasteiger charge is 2.22. The molecule has 0 aliphatic rings. The number of thiophene rings is 1. The molecular weight excluding hydrogens is 518 g/mol. The van der Waals surface area contributed by atoms with E-state index in [0.717, 1.165) is 17.4 Å². The highest BCUT2D eigenvalue weighted by atomic mass is 32.1. The van der Waals surface area contributed by atoms with Gasteiger partial charge in [0.2, 0.25) is 0 Å². The second-order valence-corrected chi connectivity index (χ2v) is 8.83. The van der Waals surface area contributed by atoms with E-state index in [1.165, 1.54) is 35.7 Å². The number of nitrogens with zero attached hydrogens (tertiary/aromatic N) is 3. The third-order valence-electron chi connectivity index (χ3n) is 5.31. The molecule has 0 spiro atoms. The van der Waals surface area contributed by atoms with Crippen LogP contribution in [0.4, 0.5) is 8.78 Å². The number of hydrogen-bond acceptors (Lipinski definition) is 7. The summed E-state index contributed by atoms with van der Waals surface area (Å²) in [4.78, 5) is 23.3. The topological polar surface area (TPSA) is 119 Å². The summed E-state index contributed by atoms with van der Waals surface area (Å²) in [6, 6.07) is 13.9. The summed E-state index contributed by atoms with van der Waals surface area (Å²) in [5.41, 5.74) is 1.59. The fraction of sp³-hybridized carbons (Fsp3) is 0.154. The molecule has 196 valence electrons. The number of carboxylic acids is 1. The number of rotatable bonds is 7. The molecule has 2 aromatic carbocycles. The maximum absolute atomic E-state index is 14.5. The number of H-pyrrole nitrogens is 1. The van der Waals surface area contributed by atoms with Gasteiger partial charge in [0, 0.05) is 23.2 Å². The predicted molar refractivity (Wildman–Crippen MR) is 137 cm³/mol. The number of benzene rings is 2. The Hall–Kier alpha value is -4.58. The second-order valence-electron chi connectivity index (χ2n) is 7.80. The van der Waals surface area contributed by atoms with Crippen molar-refractivity contribution in [3.63, 3.8) is 0 Å². The molecule has 3 heterocycles. The standard InChI is InChI=1S/C22H18F2N2O3S.C4H4N2O2/c1-3-29-22(27)19-11-17-20(16-9-6-14(23)10-18(16)24)25-26(21(17)30-19)12-13-4-7-15(28-2)8-5-13;7-4(8)3-1-2-5-6-3/h4-11H,3,12H2,1-2H3;1-2H,(H,5,6)(H,7,8). The van der Waals surface area contributed by atoms with Crippen molar-refractivity contribution in [1.82, 2.24) is 20.0 Å². The first-order valence-corrected chi connectivity index (χ1v) is 12.1. The number of ether oxygens (including phenoxy) is 2. The van der Waals surface area contributed by atoms with Gasteiger partial charge in [-0.2, -0.15) is 10.2 Å². The van der Waals surface area contributed by atoms with Gasteiger partial charge in [0.25, 0.3) is 0 Å². The summed E-state index contributed by atoms with van der Waals surface area (Å²) in [5.74, 6) is -2.07. The lowest BCUT2D eigenvalue weighted by atomic mass is 10.1. The first-order chi connectivity index (χ1) is 18.3. The molecule has 0 unspecified atom stereocenters. The van der Waals surface area contributed by atoms with Crippen LogP contribution in [0.1, 0.15) is 32.6 Å². The monoisotopic (exact) mass is 540 g/mol. The first kappa shape index (κ1) is 26.5. The SMILES string of the molecule is CCOC(=O)c1cc2c(-c3ccc(F)cc3F)nn(Cc3ccc(OC)cc3)c2s1.O=C(O)c1ccn[nH]1. The number of esters is 1. The average Bonchev–Trinajstić information content (AvgIpc) is 3.64. The minimum atomic E-state index is -0.984. The highest BCUT2D eigenvalue weighted by molar-refractivity contribution is 7.20. The molecule has 38 heavy (non-hydrogen) atoms. The van der Waals surface area contributed by atoms with Crippen LogP contribution in [0.3, 0.4) is 0 Å². The average molecular weight is 541 g/mol. The summed E-state index contributed by atoms with van der Waals surface area (Å²) in [7, 11) is 1.60. The number of aromatic nitrogens is 4. The number of carbonyl (C=O) groups is 2. The smallest absolute Gasteiger partial charge is 0.353 e. The van der Waals surface area contributed by atoms with E-state index in [2.05, 4.69) is 15.3 Å². The molecular formula is C26H22F2N4O5S. The van der Waals surface area contributed by atoms with E-state index in [1.807, 2.05) is 24.3 Å². The summed E-state index contributed by atoms with van der Waals surface area (Å²) >= 11 is 1.23. The molecule has 5 aromatic rings. The van der Waals surface area contributed by atoms with E-state index in [0.29, 0.717) is 27.3 Å². The highest BCUT2D eigenvalue weighted by Crippen LogP contribution is 2.36. The number of hydrogen-bond donors (Lipinski definition) is 2. The van der Waals surface area contributed by atoms with E-state index in [1.54, 1.807) is 24.8 Å². The Morgan fingerprint density at radius 1 is 1.11 bits per heavy atom. The molecule has 0 fully saturated rings.